The molecule has 3 heteroatoms. The predicted molar refractivity (Wildman–Crippen MR) is 76.9 cm³/mol. The van der Waals surface area contributed by atoms with Crippen LogP contribution in [0.15, 0.2) is 0 Å². The number of hydrogen-bond acceptors (Lipinski definition) is 1. The van der Waals surface area contributed by atoms with Gasteiger partial charge in [0, 0.05) is 11.3 Å². The summed E-state index contributed by atoms with van der Waals surface area (Å²) in [6.07, 6.45) is 11.9. The van der Waals surface area contributed by atoms with Crippen LogP contribution in [0, 0.1) is 0 Å². The lowest BCUT2D eigenvalue weighted by Crippen LogP contribution is -2.15. The molecule has 1 fully saturated rings. The molecule has 1 heterocycles. The van der Waals surface area contributed by atoms with Crippen molar-refractivity contribution in [3.05, 3.63) is 0 Å². The first kappa shape index (κ1) is 15.2. The van der Waals surface area contributed by atoms with Crippen molar-refractivity contribution in [1.29, 1.82) is 0 Å². The van der Waals surface area contributed by atoms with Crippen molar-refractivity contribution in [2.45, 2.75) is 89.4 Å². The largest absolute Gasteiger partial charge is 0.306 e. The number of rotatable bonds is 8. The maximum atomic E-state index is 12.6. The van der Waals surface area contributed by atoms with Crippen molar-refractivity contribution in [3.8, 4) is 0 Å². The van der Waals surface area contributed by atoms with Gasteiger partial charge in [-0.05, 0) is 25.7 Å². The molecule has 1 aliphatic rings. The van der Waals surface area contributed by atoms with E-state index < -0.39 is 7.29 Å². The molecule has 1 saturated heterocycles. The van der Waals surface area contributed by atoms with Gasteiger partial charge in [-0.2, -0.15) is 0 Å². The van der Waals surface area contributed by atoms with Gasteiger partial charge in [-0.3, -0.25) is 5.50 Å². The third-order valence-electron chi connectivity index (χ3n) is 4.26. The molecule has 1 aliphatic heterocycles. The Morgan fingerprint density at radius 3 is 1.71 bits per heavy atom. The minimum atomic E-state index is -2.34. The summed E-state index contributed by atoms with van der Waals surface area (Å²) in [5.74, 6) is 0. The number of unbranched alkanes of at least 4 members (excludes halogenated alkanes) is 4. The lowest BCUT2D eigenvalue weighted by Gasteiger charge is -2.21. The maximum Gasteiger partial charge on any atom is 0.151 e. The Hall–Kier alpha value is 0.190. The normalized spacial score (nSPS) is 33.1. The molecule has 102 valence electrons. The fourth-order valence-corrected chi connectivity index (χ4v) is 5.91. The van der Waals surface area contributed by atoms with Crippen molar-refractivity contribution < 1.29 is 4.57 Å². The van der Waals surface area contributed by atoms with Crippen LogP contribution < -0.4 is 5.50 Å². The van der Waals surface area contributed by atoms with Crippen LogP contribution in [-0.2, 0) is 4.57 Å². The standard InChI is InChI=1S/C14H30NOP/c1-3-5-7-9-13-11-12-14(17(13,15)16)10-8-6-4-2/h13-14H,3-12H2,1-2H3,(H2,15,16). The minimum Gasteiger partial charge on any atom is -0.306 e. The van der Waals surface area contributed by atoms with Crippen molar-refractivity contribution in [3.63, 3.8) is 0 Å². The average Bonchev–Trinajstić information content (AvgIpc) is 2.56. The molecule has 2 atom stereocenters. The Labute approximate surface area is 107 Å². The summed E-state index contributed by atoms with van der Waals surface area (Å²) in [7, 11) is -2.34. The summed E-state index contributed by atoms with van der Waals surface area (Å²) in [4.78, 5) is 0. The molecule has 1 rings (SSSR count). The molecular formula is C14H30NOP. The Morgan fingerprint density at radius 2 is 1.35 bits per heavy atom. The van der Waals surface area contributed by atoms with E-state index in [0.717, 1.165) is 25.7 Å². The summed E-state index contributed by atoms with van der Waals surface area (Å²) in [5.41, 5.74) is 6.88. The van der Waals surface area contributed by atoms with E-state index in [1.54, 1.807) is 0 Å². The molecule has 2 nitrogen and oxygen atoms in total. The van der Waals surface area contributed by atoms with Gasteiger partial charge in [-0.1, -0.05) is 52.4 Å². The molecule has 17 heavy (non-hydrogen) atoms. The first-order chi connectivity index (χ1) is 8.12. The molecule has 0 bridgehead atoms. The maximum absolute atomic E-state index is 12.6. The monoisotopic (exact) mass is 259 g/mol. The zero-order valence-electron chi connectivity index (χ0n) is 11.7. The topological polar surface area (TPSA) is 43.1 Å². The molecule has 0 aromatic rings. The summed E-state index contributed by atoms with van der Waals surface area (Å²) >= 11 is 0. The first-order valence-electron chi connectivity index (χ1n) is 7.50. The summed E-state index contributed by atoms with van der Waals surface area (Å²) < 4.78 is 12.6. The highest BCUT2D eigenvalue weighted by atomic mass is 31.2. The SMILES string of the molecule is CCCCCC1CCC(CCCCC)P1(N)=O. The van der Waals surface area contributed by atoms with Gasteiger partial charge in [0.2, 0.25) is 0 Å². The van der Waals surface area contributed by atoms with Crippen LogP contribution >= 0.6 is 7.29 Å². The summed E-state index contributed by atoms with van der Waals surface area (Å²) in [6, 6.07) is 0. The fourth-order valence-electron chi connectivity index (χ4n) is 3.04. The second-order valence-corrected chi connectivity index (χ2v) is 8.63. The van der Waals surface area contributed by atoms with Gasteiger partial charge in [-0.15, -0.1) is 0 Å². The van der Waals surface area contributed by atoms with Crippen LogP contribution in [0.4, 0.5) is 0 Å². The fraction of sp³-hybridized carbons (Fsp3) is 1.00. The predicted octanol–water partition coefficient (Wildman–Crippen LogP) is 4.91. The molecule has 0 spiro atoms. The minimum absolute atomic E-state index is 0.348. The van der Waals surface area contributed by atoms with Gasteiger partial charge in [0.15, 0.2) is 7.29 Å². The summed E-state index contributed by atoms with van der Waals surface area (Å²) in [6.45, 7) is 4.43. The van der Waals surface area contributed by atoms with E-state index in [4.69, 9.17) is 5.50 Å². The van der Waals surface area contributed by atoms with E-state index in [9.17, 15) is 4.57 Å². The average molecular weight is 259 g/mol. The molecule has 0 aromatic carbocycles. The third-order valence-corrected chi connectivity index (χ3v) is 7.57. The van der Waals surface area contributed by atoms with E-state index in [1.807, 2.05) is 0 Å². The third kappa shape index (κ3) is 4.41. The molecule has 2 N–H and O–H groups in total. The quantitative estimate of drug-likeness (QED) is 0.497. The van der Waals surface area contributed by atoms with Crippen LogP contribution in [0.2, 0.25) is 0 Å². The molecule has 0 radical (unpaired) electrons. The van der Waals surface area contributed by atoms with Crippen LogP contribution in [-0.4, -0.2) is 11.3 Å². The number of nitrogens with two attached hydrogens (primary N) is 1. The highest BCUT2D eigenvalue weighted by Gasteiger charge is 2.41. The molecule has 2 unspecified atom stereocenters. The van der Waals surface area contributed by atoms with Crippen molar-refractivity contribution >= 4 is 7.29 Å². The Balaban J connectivity index is 2.37. The van der Waals surface area contributed by atoms with Gasteiger partial charge < -0.3 is 4.57 Å². The lowest BCUT2D eigenvalue weighted by atomic mass is 10.1. The van der Waals surface area contributed by atoms with Crippen molar-refractivity contribution in [1.82, 2.24) is 0 Å². The van der Waals surface area contributed by atoms with Crippen LogP contribution in [0.3, 0.4) is 0 Å². The lowest BCUT2D eigenvalue weighted by molar-refractivity contribution is 0.549. The summed E-state index contributed by atoms with van der Waals surface area (Å²) in [5, 5.41) is 0. The molecular weight excluding hydrogens is 229 g/mol. The Bertz CT molecular complexity index is 233. The van der Waals surface area contributed by atoms with Crippen molar-refractivity contribution in [2.24, 2.45) is 5.50 Å². The molecule has 0 amide bonds. The van der Waals surface area contributed by atoms with Gasteiger partial charge in [0.25, 0.3) is 0 Å². The van der Waals surface area contributed by atoms with Crippen LogP contribution in [0.5, 0.6) is 0 Å². The second-order valence-electron chi connectivity index (χ2n) is 5.64. The smallest absolute Gasteiger partial charge is 0.151 e. The zero-order valence-corrected chi connectivity index (χ0v) is 12.6. The van der Waals surface area contributed by atoms with Crippen LogP contribution in [0.25, 0.3) is 0 Å². The molecule has 0 aliphatic carbocycles. The van der Waals surface area contributed by atoms with Gasteiger partial charge in [0.1, 0.15) is 0 Å². The zero-order chi connectivity index (χ0) is 12.7. The molecule has 0 aromatic heterocycles. The van der Waals surface area contributed by atoms with E-state index in [2.05, 4.69) is 13.8 Å². The number of hydrogen-bond donors (Lipinski definition) is 1. The van der Waals surface area contributed by atoms with E-state index in [-0.39, 0.29) is 0 Å². The van der Waals surface area contributed by atoms with E-state index in [1.165, 1.54) is 38.5 Å². The Kier molecular flexibility index (Phi) is 6.80. The second kappa shape index (κ2) is 7.59. The van der Waals surface area contributed by atoms with Gasteiger partial charge in [-0.25, -0.2) is 0 Å². The van der Waals surface area contributed by atoms with Crippen molar-refractivity contribution in [2.75, 3.05) is 0 Å². The highest BCUT2D eigenvalue weighted by Crippen LogP contribution is 2.59. The van der Waals surface area contributed by atoms with Crippen LogP contribution in [0.1, 0.15) is 78.1 Å². The van der Waals surface area contributed by atoms with Gasteiger partial charge in [0.05, 0.1) is 0 Å². The van der Waals surface area contributed by atoms with Gasteiger partial charge >= 0.3 is 0 Å². The van der Waals surface area contributed by atoms with E-state index >= 15 is 0 Å². The van der Waals surface area contributed by atoms with E-state index in [0.29, 0.717) is 11.3 Å². The highest BCUT2D eigenvalue weighted by molar-refractivity contribution is 7.63. The molecule has 0 saturated carbocycles. The Morgan fingerprint density at radius 1 is 0.941 bits per heavy atom. The first-order valence-corrected chi connectivity index (χ1v) is 9.42.